The molecule has 0 spiro atoms. The summed E-state index contributed by atoms with van der Waals surface area (Å²) in [6.07, 6.45) is 3.05. The Morgan fingerprint density at radius 1 is 1.14 bits per heavy atom. The molecule has 0 saturated carbocycles. The van der Waals surface area contributed by atoms with Crippen LogP contribution in [0.4, 0.5) is 0 Å². The van der Waals surface area contributed by atoms with Crippen LogP contribution in [0.2, 0.25) is 0 Å². The summed E-state index contributed by atoms with van der Waals surface area (Å²) in [6, 6.07) is 11.6. The van der Waals surface area contributed by atoms with Crippen LogP contribution in [0.15, 0.2) is 57.8 Å². The van der Waals surface area contributed by atoms with Crippen molar-refractivity contribution in [2.75, 3.05) is 0 Å². The van der Waals surface area contributed by atoms with Crippen LogP contribution in [-0.4, -0.2) is 15.2 Å². The minimum absolute atomic E-state index is 0.330. The molecule has 22 heavy (non-hydrogen) atoms. The first-order chi connectivity index (χ1) is 10.8. The van der Waals surface area contributed by atoms with Gasteiger partial charge in [-0.15, -0.1) is 10.2 Å². The maximum atomic E-state index is 5.79. The van der Waals surface area contributed by atoms with Crippen molar-refractivity contribution in [3.8, 4) is 22.7 Å². The lowest BCUT2D eigenvalue weighted by atomic mass is 10.0. The van der Waals surface area contributed by atoms with Crippen LogP contribution in [0.25, 0.3) is 33.7 Å². The van der Waals surface area contributed by atoms with Gasteiger partial charge < -0.3 is 14.6 Å². The Labute approximate surface area is 125 Å². The second-order valence-electron chi connectivity index (χ2n) is 4.82. The van der Waals surface area contributed by atoms with Gasteiger partial charge in [0.05, 0.1) is 17.8 Å². The topological polar surface area (TPSA) is 91.0 Å². The van der Waals surface area contributed by atoms with E-state index in [1.165, 1.54) is 6.39 Å². The smallest absolute Gasteiger partial charge is 0.251 e. The molecule has 6 nitrogen and oxygen atoms in total. The van der Waals surface area contributed by atoms with E-state index in [9.17, 15) is 0 Å². The molecule has 3 aromatic heterocycles. The van der Waals surface area contributed by atoms with Gasteiger partial charge in [-0.25, -0.2) is 0 Å². The van der Waals surface area contributed by atoms with Gasteiger partial charge in [0.15, 0.2) is 0 Å². The molecular weight excluding hydrogens is 280 g/mol. The number of benzene rings is 1. The van der Waals surface area contributed by atoms with Crippen LogP contribution in [-0.2, 0) is 6.54 Å². The van der Waals surface area contributed by atoms with E-state index in [4.69, 9.17) is 14.6 Å². The molecule has 0 amide bonds. The first-order valence-electron chi connectivity index (χ1n) is 6.79. The normalized spacial score (nSPS) is 11.1. The van der Waals surface area contributed by atoms with E-state index in [-0.39, 0.29) is 0 Å². The molecule has 0 saturated heterocycles. The summed E-state index contributed by atoms with van der Waals surface area (Å²) in [5, 5.41) is 8.64. The standard InChI is InChI=1S/C16H12N4O2/c17-8-12-6-11-5-10(14-3-1-2-4-18-14)7-13(15(11)22-12)16-20-19-9-21-16/h1-7,9H,8,17H2. The zero-order valence-corrected chi connectivity index (χ0v) is 11.6. The van der Waals surface area contributed by atoms with Gasteiger partial charge in [-0.1, -0.05) is 6.07 Å². The molecule has 0 unspecified atom stereocenters. The minimum Gasteiger partial charge on any atom is -0.459 e. The zero-order chi connectivity index (χ0) is 14.9. The Morgan fingerprint density at radius 2 is 2.09 bits per heavy atom. The van der Waals surface area contributed by atoms with Crippen LogP contribution >= 0.6 is 0 Å². The van der Waals surface area contributed by atoms with E-state index < -0.39 is 0 Å². The molecule has 1 aromatic carbocycles. The van der Waals surface area contributed by atoms with Crippen LogP contribution < -0.4 is 5.73 Å². The highest BCUT2D eigenvalue weighted by molar-refractivity contribution is 5.94. The molecule has 0 aliphatic rings. The Morgan fingerprint density at radius 3 is 2.82 bits per heavy atom. The number of nitrogens with two attached hydrogens (primary N) is 1. The number of pyridine rings is 1. The zero-order valence-electron chi connectivity index (χ0n) is 11.6. The van der Waals surface area contributed by atoms with Gasteiger partial charge in [0.25, 0.3) is 5.89 Å². The van der Waals surface area contributed by atoms with Gasteiger partial charge in [0.1, 0.15) is 11.3 Å². The van der Waals surface area contributed by atoms with Gasteiger partial charge in [-0.05, 0) is 30.3 Å². The van der Waals surface area contributed by atoms with Crippen molar-refractivity contribution in [1.82, 2.24) is 15.2 Å². The lowest BCUT2D eigenvalue weighted by Gasteiger charge is -2.03. The van der Waals surface area contributed by atoms with Crippen molar-refractivity contribution < 1.29 is 8.83 Å². The van der Waals surface area contributed by atoms with E-state index in [0.29, 0.717) is 23.8 Å². The molecule has 0 aliphatic carbocycles. The van der Waals surface area contributed by atoms with Crippen LogP contribution in [0, 0.1) is 0 Å². The quantitative estimate of drug-likeness (QED) is 0.624. The monoisotopic (exact) mass is 292 g/mol. The molecule has 6 heteroatoms. The molecule has 4 rings (SSSR count). The first-order valence-corrected chi connectivity index (χ1v) is 6.79. The van der Waals surface area contributed by atoms with Gasteiger partial charge >= 0.3 is 0 Å². The number of hydrogen-bond donors (Lipinski definition) is 1. The molecule has 0 aliphatic heterocycles. The van der Waals surface area contributed by atoms with Gasteiger partial charge in [0.2, 0.25) is 6.39 Å². The summed E-state index contributed by atoms with van der Waals surface area (Å²) in [7, 11) is 0. The molecular formula is C16H12N4O2. The molecule has 0 atom stereocenters. The van der Waals surface area contributed by atoms with E-state index in [2.05, 4.69) is 15.2 Å². The molecule has 108 valence electrons. The fraction of sp³-hybridized carbons (Fsp3) is 0.0625. The number of furan rings is 1. The number of fused-ring (bicyclic) bond motifs is 1. The number of rotatable bonds is 3. The van der Waals surface area contributed by atoms with Gasteiger partial charge in [-0.3, -0.25) is 4.98 Å². The summed E-state index contributed by atoms with van der Waals surface area (Å²) < 4.78 is 11.1. The van der Waals surface area contributed by atoms with E-state index in [1.807, 2.05) is 36.4 Å². The lowest BCUT2D eigenvalue weighted by Crippen LogP contribution is -1.92. The third-order valence-corrected chi connectivity index (χ3v) is 3.42. The third kappa shape index (κ3) is 2.06. The van der Waals surface area contributed by atoms with Crippen molar-refractivity contribution in [3.63, 3.8) is 0 Å². The number of aromatic nitrogens is 3. The molecule has 0 fully saturated rings. The van der Waals surface area contributed by atoms with Crippen molar-refractivity contribution in [1.29, 1.82) is 0 Å². The minimum atomic E-state index is 0.330. The maximum absolute atomic E-state index is 5.79. The average Bonchev–Trinajstić information content (AvgIpc) is 3.23. The Kier molecular flexibility index (Phi) is 2.94. The number of nitrogens with zero attached hydrogens (tertiary/aromatic N) is 3. The molecule has 3 heterocycles. The fourth-order valence-electron chi connectivity index (χ4n) is 2.44. The maximum Gasteiger partial charge on any atom is 0.251 e. The fourth-order valence-corrected chi connectivity index (χ4v) is 2.44. The Bertz CT molecular complexity index is 914. The van der Waals surface area contributed by atoms with Crippen molar-refractivity contribution in [2.24, 2.45) is 5.73 Å². The Hall–Kier alpha value is -2.99. The summed E-state index contributed by atoms with van der Waals surface area (Å²) in [5.41, 5.74) is 8.90. The summed E-state index contributed by atoms with van der Waals surface area (Å²) >= 11 is 0. The summed E-state index contributed by atoms with van der Waals surface area (Å²) in [6.45, 7) is 0.330. The van der Waals surface area contributed by atoms with Crippen molar-refractivity contribution in [3.05, 3.63) is 54.7 Å². The molecule has 4 aromatic rings. The first kappa shape index (κ1) is 12.7. The molecule has 0 radical (unpaired) electrons. The van der Waals surface area contributed by atoms with Crippen LogP contribution in [0.5, 0.6) is 0 Å². The SMILES string of the molecule is NCc1cc2cc(-c3ccccn3)cc(-c3nnco3)c2o1. The second-order valence-corrected chi connectivity index (χ2v) is 4.82. The average molecular weight is 292 g/mol. The second kappa shape index (κ2) is 5.09. The highest BCUT2D eigenvalue weighted by Gasteiger charge is 2.16. The molecule has 0 bridgehead atoms. The van der Waals surface area contributed by atoms with Gasteiger partial charge in [-0.2, -0.15) is 0 Å². The molecule has 2 N–H and O–H groups in total. The van der Waals surface area contributed by atoms with E-state index in [1.54, 1.807) is 6.20 Å². The summed E-state index contributed by atoms with van der Waals surface area (Å²) in [4.78, 5) is 4.38. The highest BCUT2D eigenvalue weighted by Crippen LogP contribution is 2.34. The third-order valence-electron chi connectivity index (χ3n) is 3.42. The van der Waals surface area contributed by atoms with E-state index in [0.717, 1.165) is 22.2 Å². The predicted molar refractivity (Wildman–Crippen MR) is 80.6 cm³/mol. The highest BCUT2D eigenvalue weighted by atomic mass is 16.4. The largest absolute Gasteiger partial charge is 0.459 e. The lowest BCUT2D eigenvalue weighted by molar-refractivity contribution is 0.545. The van der Waals surface area contributed by atoms with Gasteiger partial charge in [0, 0.05) is 17.1 Å². The number of hydrogen-bond acceptors (Lipinski definition) is 6. The van der Waals surface area contributed by atoms with Crippen LogP contribution in [0.3, 0.4) is 0 Å². The Balaban J connectivity index is 2.00. The van der Waals surface area contributed by atoms with Crippen LogP contribution in [0.1, 0.15) is 5.76 Å². The van der Waals surface area contributed by atoms with Crippen molar-refractivity contribution in [2.45, 2.75) is 6.54 Å². The van der Waals surface area contributed by atoms with Crippen molar-refractivity contribution >= 4 is 11.0 Å². The van der Waals surface area contributed by atoms with E-state index >= 15 is 0 Å². The summed E-state index contributed by atoms with van der Waals surface area (Å²) in [5.74, 6) is 1.11. The predicted octanol–water partition coefficient (Wildman–Crippen LogP) is 3.00.